The van der Waals surface area contributed by atoms with Gasteiger partial charge in [0.25, 0.3) is 6.26 Å². The van der Waals surface area contributed by atoms with Crippen LogP contribution in [0.2, 0.25) is 0 Å². The second kappa shape index (κ2) is 4.86. The van der Waals surface area contributed by atoms with Crippen LogP contribution in [-0.4, -0.2) is 20.2 Å². The Morgan fingerprint density at radius 1 is 1.40 bits per heavy atom. The number of hydrogen-bond acceptors (Lipinski definition) is 5. The molecule has 5 nitrogen and oxygen atoms in total. The highest BCUT2D eigenvalue weighted by Crippen LogP contribution is 2.31. The number of nitriles is 1. The third-order valence-electron chi connectivity index (χ3n) is 1.75. The van der Waals surface area contributed by atoms with Gasteiger partial charge in [-0.15, -0.1) is 5.26 Å². The summed E-state index contributed by atoms with van der Waals surface area (Å²) in [6, 6.07) is 4.68. The van der Waals surface area contributed by atoms with E-state index in [1.165, 1.54) is 26.5 Å². The van der Waals surface area contributed by atoms with E-state index >= 15 is 0 Å². The minimum Gasteiger partial charge on any atom is -0.493 e. The molecule has 0 atom stereocenters. The van der Waals surface area contributed by atoms with Crippen molar-refractivity contribution in [1.82, 2.24) is 0 Å². The number of benzene rings is 1. The summed E-state index contributed by atoms with van der Waals surface area (Å²) in [5.74, 6) is -0.215. The van der Waals surface area contributed by atoms with E-state index in [-0.39, 0.29) is 11.3 Å². The van der Waals surface area contributed by atoms with Crippen LogP contribution in [0.1, 0.15) is 10.4 Å². The van der Waals surface area contributed by atoms with Gasteiger partial charge in [-0.2, -0.15) is 0 Å². The summed E-state index contributed by atoms with van der Waals surface area (Å²) in [4.78, 5) is 11.3. The smallest absolute Gasteiger partial charge is 0.341 e. The molecule has 0 spiro atoms. The van der Waals surface area contributed by atoms with Crippen molar-refractivity contribution in [2.75, 3.05) is 14.2 Å². The van der Waals surface area contributed by atoms with Crippen LogP contribution in [0, 0.1) is 11.5 Å². The minimum atomic E-state index is -0.584. The second-order valence-electron chi connectivity index (χ2n) is 2.52. The van der Waals surface area contributed by atoms with Crippen LogP contribution in [0.3, 0.4) is 0 Å². The van der Waals surface area contributed by atoms with Crippen molar-refractivity contribution in [2.45, 2.75) is 0 Å². The monoisotopic (exact) mass is 207 g/mol. The number of esters is 1. The first-order valence-corrected chi connectivity index (χ1v) is 4.05. The van der Waals surface area contributed by atoms with E-state index in [0.717, 1.165) is 0 Å². The molecule has 1 aromatic carbocycles. The first kappa shape index (κ1) is 10.9. The number of methoxy groups -OCH3 is 2. The zero-order valence-corrected chi connectivity index (χ0v) is 8.31. The molecule has 0 amide bonds. The zero-order chi connectivity index (χ0) is 11.3. The first-order valence-electron chi connectivity index (χ1n) is 4.05. The summed E-state index contributed by atoms with van der Waals surface area (Å²) < 4.78 is 14.1. The van der Waals surface area contributed by atoms with Crippen LogP contribution < -0.4 is 9.47 Å². The third kappa shape index (κ3) is 2.17. The number of carbonyl (C=O) groups excluding carboxylic acids is 1. The third-order valence-corrected chi connectivity index (χ3v) is 1.75. The predicted octanol–water partition coefficient (Wildman–Crippen LogP) is 1.34. The fourth-order valence-corrected chi connectivity index (χ4v) is 1.10. The predicted molar refractivity (Wildman–Crippen MR) is 50.6 cm³/mol. The second-order valence-corrected chi connectivity index (χ2v) is 2.52. The Morgan fingerprint density at radius 3 is 2.67 bits per heavy atom. The first-order chi connectivity index (χ1) is 7.24. The molecule has 15 heavy (non-hydrogen) atoms. The van der Waals surface area contributed by atoms with Gasteiger partial charge in [-0.3, -0.25) is 0 Å². The van der Waals surface area contributed by atoms with Crippen molar-refractivity contribution < 1.29 is 19.0 Å². The topological polar surface area (TPSA) is 68.6 Å². The molecule has 0 heterocycles. The molecular weight excluding hydrogens is 198 g/mol. The lowest BCUT2D eigenvalue weighted by atomic mass is 10.2. The lowest BCUT2D eigenvalue weighted by Crippen LogP contribution is -2.04. The summed E-state index contributed by atoms with van der Waals surface area (Å²) in [6.45, 7) is 0. The molecule has 5 heteroatoms. The molecule has 0 saturated heterocycles. The van der Waals surface area contributed by atoms with Crippen molar-refractivity contribution in [3.63, 3.8) is 0 Å². The molecule has 0 radical (unpaired) electrons. The fraction of sp³-hybridized carbons (Fsp3) is 0.200. The molecule has 78 valence electrons. The van der Waals surface area contributed by atoms with Gasteiger partial charge in [0, 0.05) is 0 Å². The molecule has 0 aliphatic rings. The van der Waals surface area contributed by atoms with Crippen LogP contribution in [0.5, 0.6) is 11.5 Å². The minimum absolute atomic E-state index is 0.0642. The summed E-state index contributed by atoms with van der Waals surface area (Å²) in [6.07, 6.45) is 1.49. The van der Waals surface area contributed by atoms with Crippen molar-refractivity contribution in [3.8, 4) is 17.8 Å². The Hall–Kier alpha value is -2.22. The van der Waals surface area contributed by atoms with Crippen LogP contribution in [0.4, 0.5) is 0 Å². The highest BCUT2D eigenvalue weighted by molar-refractivity contribution is 5.93. The SMILES string of the molecule is COC(=O)c1cccc(OC)c1OC#N. The van der Waals surface area contributed by atoms with E-state index < -0.39 is 5.97 Å². The highest BCUT2D eigenvalue weighted by Gasteiger charge is 2.17. The van der Waals surface area contributed by atoms with Crippen molar-refractivity contribution in [3.05, 3.63) is 23.8 Å². The summed E-state index contributed by atoms with van der Waals surface area (Å²) in [7, 11) is 2.67. The van der Waals surface area contributed by atoms with Gasteiger partial charge in [-0.1, -0.05) is 6.07 Å². The molecule has 1 rings (SSSR count). The largest absolute Gasteiger partial charge is 0.493 e. The van der Waals surface area contributed by atoms with Crippen LogP contribution >= 0.6 is 0 Å². The average Bonchev–Trinajstić information content (AvgIpc) is 2.28. The Bertz CT molecular complexity index is 408. The van der Waals surface area contributed by atoms with Gasteiger partial charge < -0.3 is 14.2 Å². The molecule has 1 aromatic rings. The van der Waals surface area contributed by atoms with Gasteiger partial charge >= 0.3 is 5.97 Å². The Kier molecular flexibility index (Phi) is 3.52. The molecule has 0 aliphatic heterocycles. The summed E-state index contributed by atoms with van der Waals surface area (Å²) >= 11 is 0. The fourth-order valence-electron chi connectivity index (χ4n) is 1.10. The number of nitrogens with zero attached hydrogens (tertiary/aromatic N) is 1. The average molecular weight is 207 g/mol. The molecule has 0 N–H and O–H groups in total. The highest BCUT2D eigenvalue weighted by atomic mass is 16.5. The summed E-state index contributed by atoms with van der Waals surface area (Å²) in [5, 5.41) is 8.44. The lowest BCUT2D eigenvalue weighted by Gasteiger charge is -2.08. The molecule has 0 unspecified atom stereocenters. The normalized spacial score (nSPS) is 8.87. The standard InChI is InChI=1S/C10H9NO4/c1-13-8-5-3-4-7(10(12)14-2)9(8)15-6-11/h3-5H,1-2H3. The van der Waals surface area contributed by atoms with Gasteiger partial charge in [0.05, 0.1) is 14.2 Å². The number of para-hydroxylation sites is 1. The number of rotatable bonds is 3. The van der Waals surface area contributed by atoms with Crippen molar-refractivity contribution in [2.24, 2.45) is 0 Å². The molecular formula is C10H9NO4. The maximum Gasteiger partial charge on any atom is 0.341 e. The quantitative estimate of drug-likeness (QED) is 0.552. The lowest BCUT2D eigenvalue weighted by molar-refractivity contribution is 0.0597. The van der Waals surface area contributed by atoms with Crippen LogP contribution in [-0.2, 0) is 4.74 Å². The maximum atomic E-state index is 11.3. The van der Waals surface area contributed by atoms with E-state index in [9.17, 15) is 4.79 Å². The van der Waals surface area contributed by atoms with Gasteiger partial charge in [0.2, 0.25) is 0 Å². The van der Waals surface area contributed by atoms with Crippen LogP contribution in [0.25, 0.3) is 0 Å². The molecule has 0 fully saturated rings. The number of carbonyl (C=O) groups is 1. The molecule has 0 bridgehead atoms. The molecule has 0 aromatic heterocycles. The van der Waals surface area contributed by atoms with E-state index in [0.29, 0.717) is 5.75 Å². The van der Waals surface area contributed by atoms with Gasteiger partial charge in [0.1, 0.15) is 5.56 Å². The molecule has 0 aliphatic carbocycles. The molecule has 0 saturated carbocycles. The van der Waals surface area contributed by atoms with E-state index in [1.807, 2.05) is 0 Å². The van der Waals surface area contributed by atoms with Crippen molar-refractivity contribution >= 4 is 5.97 Å². The zero-order valence-electron chi connectivity index (χ0n) is 8.31. The van der Waals surface area contributed by atoms with E-state index in [1.54, 1.807) is 12.1 Å². The van der Waals surface area contributed by atoms with Gasteiger partial charge in [-0.25, -0.2) is 4.79 Å². The van der Waals surface area contributed by atoms with Gasteiger partial charge in [-0.05, 0) is 12.1 Å². The number of hydrogen-bond donors (Lipinski definition) is 0. The Labute approximate surface area is 86.8 Å². The van der Waals surface area contributed by atoms with Gasteiger partial charge in [0.15, 0.2) is 11.5 Å². The van der Waals surface area contributed by atoms with E-state index in [4.69, 9.17) is 10.00 Å². The van der Waals surface area contributed by atoms with Crippen molar-refractivity contribution in [1.29, 1.82) is 5.26 Å². The number of ether oxygens (including phenoxy) is 3. The van der Waals surface area contributed by atoms with Crippen LogP contribution in [0.15, 0.2) is 18.2 Å². The Morgan fingerprint density at radius 2 is 2.13 bits per heavy atom. The maximum absolute atomic E-state index is 11.3. The summed E-state index contributed by atoms with van der Waals surface area (Å²) in [5.41, 5.74) is 0.151. The Balaban J connectivity index is 3.26. The van der Waals surface area contributed by atoms with E-state index in [2.05, 4.69) is 9.47 Å².